The highest BCUT2D eigenvalue weighted by Gasteiger charge is 2.26. The molecule has 0 unspecified atom stereocenters. The van der Waals surface area contributed by atoms with Crippen molar-refractivity contribution >= 4 is 17.6 Å². The minimum Gasteiger partial charge on any atom is -0.303 e. The normalized spacial score (nSPS) is 21.0. The molecule has 2 aliphatic rings. The summed E-state index contributed by atoms with van der Waals surface area (Å²) in [4.78, 5) is 29.4. The summed E-state index contributed by atoms with van der Waals surface area (Å²) in [6.07, 6.45) is 2.78. The second-order valence-electron chi connectivity index (χ2n) is 4.77. The van der Waals surface area contributed by atoms with E-state index in [0.29, 0.717) is 16.9 Å². The van der Waals surface area contributed by atoms with Crippen molar-refractivity contribution in [3.8, 4) is 0 Å². The van der Waals surface area contributed by atoms with Crippen molar-refractivity contribution in [2.24, 2.45) is 11.1 Å². The van der Waals surface area contributed by atoms with Gasteiger partial charge in [0.05, 0.1) is 0 Å². The van der Waals surface area contributed by atoms with Crippen LogP contribution in [0.25, 0.3) is 0 Å². The van der Waals surface area contributed by atoms with Gasteiger partial charge in [-0.1, -0.05) is 19.0 Å². The summed E-state index contributed by atoms with van der Waals surface area (Å²) >= 11 is 0. The lowest BCUT2D eigenvalue weighted by molar-refractivity contribution is -0.111. The monoisotopic (exact) mass is 248 g/mol. The second-order valence-corrected chi connectivity index (χ2v) is 4.77. The van der Waals surface area contributed by atoms with Crippen molar-refractivity contribution in [3.05, 3.63) is 23.3 Å². The smallest absolute Gasteiger partial charge is 0.303 e. The molecule has 18 heavy (non-hydrogen) atoms. The first-order valence-corrected chi connectivity index (χ1v) is 5.97. The average Bonchev–Trinajstić information content (AvgIpc) is 3.10. The zero-order chi connectivity index (χ0) is 13.3. The number of hydrogen-bond acceptors (Lipinski definition) is 4. The Hall–Kier alpha value is -1.91. The van der Waals surface area contributed by atoms with Gasteiger partial charge in [0.1, 0.15) is 5.71 Å². The van der Waals surface area contributed by atoms with Gasteiger partial charge in [-0.05, 0) is 30.6 Å². The predicted octanol–water partition coefficient (Wildman–Crippen LogP) is 1.91. The molecule has 1 aliphatic heterocycles. The molecule has 5 heteroatoms. The first kappa shape index (κ1) is 12.5. The molecule has 1 saturated heterocycles. The lowest BCUT2D eigenvalue weighted by Crippen LogP contribution is -2.17. The van der Waals surface area contributed by atoms with Crippen molar-refractivity contribution in [3.63, 3.8) is 0 Å². The van der Waals surface area contributed by atoms with Crippen molar-refractivity contribution in [2.75, 3.05) is 13.1 Å². The Bertz CT molecular complexity index is 482. The molecule has 0 atom stereocenters. The Balaban J connectivity index is 2.14. The Labute approximate surface area is 106 Å². The third-order valence-corrected chi connectivity index (χ3v) is 2.88. The van der Waals surface area contributed by atoms with E-state index >= 15 is 0 Å². The molecule has 96 valence electrons. The number of ketones is 1. The molecule has 0 aromatic carbocycles. The van der Waals surface area contributed by atoms with Crippen molar-refractivity contribution in [2.45, 2.75) is 20.8 Å². The van der Waals surface area contributed by atoms with Crippen LogP contribution in [0.15, 0.2) is 28.5 Å². The largest absolute Gasteiger partial charge is 0.436 e. The van der Waals surface area contributed by atoms with E-state index in [9.17, 15) is 9.59 Å². The highest BCUT2D eigenvalue weighted by Crippen LogP contribution is 2.19. The zero-order valence-corrected chi connectivity index (χ0v) is 10.8. The van der Waals surface area contributed by atoms with Crippen LogP contribution >= 0.6 is 0 Å². The molecular formula is C13H16N2O3. The number of oxime groups is 1. The van der Waals surface area contributed by atoms with Gasteiger partial charge in [-0.25, -0.2) is 4.79 Å². The number of carbonyl (C=O) groups is 2. The van der Waals surface area contributed by atoms with Crippen LogP contribution in [0, 0.1) is 5.92 Å². The minimum absolute atomic E-state index is 0.00119. The van der Waals surface area contributed by atoms with Gasteiger partial charge >= 0.3 is 6.09 Å². The van der Waals surface area contributed by atoms with Crippen LogP contribution in [0.1, 0.15) is 20.8 Å². The van der Waals surface area contributed by atoms with Crippen LogP contribution in [-0.4, -0.2) is 35.6 Å². The Kier molecular flexibility index (Phi) is 3.32. The maximum absolute atomic E-state index is 11.7. The summed E-state index contributed by atoms with van der Waals surface area (Å²) in [6.45, 7) is 7.11. The molecule has 1 heterocycles. The number of carbonyl (C=O) groups excluding carboxylic acids is 2. The van der Waals surface area contributed by atoms with E-state index in [1.54, 1.807) is 13.0 Å². The molecule has 2 rings (SSSR count). The lowest BCUT2D eigenvalue weighted by Gasteiger charge is -2.14. The van der Waals surface area contributed by atoms with E-state index in [2.05, 4.69) is 5.16 Å². The Morgan fingerprint density at radius 1 is 1.39 bits per heavy atom. The van der Waals surface area contributed by atoms with E-state index < -0.39 is 6.09 Å². The van der Waals surface area contributed by atoms with Gasteiger partial charge in [0.25, 0.3) is 0 Å². The van der Waals surface area contributed by atoms with Crippen LogP contribution < -0.4 is 0 Å². The number of nitrogens with zero attached hydrogens (tertiary/aromatic N) is 2. The average molecular weight is 248 g/mol. The molecule has 0 N–H and O–H groups in total. The summed E-state index contributed by atoms with van der Waals surface area (Å²) in [7, 11) is 0. The molecule has 0 aromatic rings. The topological polar surface area (TPSA) is 58.7 Å². The van der Waals surface area contributed by atoms with Crippen LogP contribution in [0.2, 0.25) is 0 Å². The fourth-order valence-electron chi connectivity index (χ4n) is 1.61. The van der Waals surface area contributed by atoms with Gasteiger partial charge < -0.3 is 4.90 Å². The molecule has 1 aliphatic carbocycles. The summed E-state index contributed by atoms with van der Waals surface area (Å²) in [6, 6.07) is 0. The van der Waals surface area contributed by atoms with Crippen molar-refractivity contribution in [1.29, 1.82) is 0 Å². The van der Waals surface area contributed by atoms with E-state index in [1.165, 1.54) is 11.0 Å². The summed E-state index contributed by atoms with van der Waals surface area (Å²) in [5.41, 5.74) is 1.93. The number of rotatable bonds is 2. The fraction of sp³-hybridized carbons (Fsp3) is 0.462. The molecule has 0 bridgehead atoms. The summed E-state index contributed by atoms with van der Waals surface area (Å²) in [5, 5.41) is 3.82. The fourth-order valence-corrected chi connectivity index (χ4v) is 1.61. The molecule has 5 nitrogen and oxygen atoms in total. The number of amides is 1. The third kappa shape index (κ3) is 2.67. The van der Waals surface area contributed by atoms with Crippen molar-refractivity contribution in [1.82, 2.24) is 4.90 Å². The number of allylic oxidation sites excluding steroid dienone is 4. The molecule has 1 fully saturated rings. The van der Waals surface area contributed by atoms with Gasteiger partial charge in [0.2, 0.25) is 0 Å². The highest BCUT2D eigenvalue weighted by atomic mass is 16.7. The van der Waals surface area contributed by atoms with Gasteiger partial charge in [-0.2, -0.15) is 0 Å². The van der Waals surface area contributed by atoms with Gasteiger partial charge in [0.15, 0.2) is 5.78 Å². The predicted molar refractivity (Wildman–Crippen MR) is 67.2 cm³/mol. The van der Waals surface area contributed by atoms with Gasteiger partial charge in [0, 0.05) is 18.7 Å². The maximum Gasteiger partial charge on any atom is 0.436 e. The van der Waals surface area contributed by atoms with Crippen molar-refractivity contribution < 1.29 is 14.4 Å². The van der Waals surface area contributed by atoms with Gasteiger partial charge in [-0.15, -0.1) is 0 Å². The van der Waals surface area contributed by atoms with Crippen LogP contribution in [0.5, 0.6) is 0 Å². The van der Waals surface area contributed by atoms with Gasteiger partial charge in [-0.3, -0.25) is 9.63 Å². The molecule has 1 amide bonds. The molecule has 0 saturated carbocycles. The van der Waals surface area contributed by atoms with Crippen LogP contribution in [0.4, 0.5) is 4.79 Å². The first-order valence-electron chi connectivity index (χ1n) is 5.97. The molecule has 0 aromatic heterocycles. The maximum atomic E-state index is 11.7. The molecule has 0 spiro atoms. The molecular weight excluding hydrogens is 232 g/mol. The van der Waals surface area contributed by atoms with Crippen LogP contribution in [0.3, 0.4) is 0 Å². The van der Waals surface area contributed by atoms with E-state index in [-0.39, 0.29) is 11.7 Å². The SMILES string of the molecule is CC1=CC(=O)C(C(C)C)=C/C1=N\OC(=O)N1CC1. The van der Waals surface area contributed by atoms with E-state index in [0.717, 1.165) is 13.1 Å². The second kappa shape index (κ2) is 4.76. The minimum atomic E-state index is -0.438. The van der Waals surface area contributed by atoms with E-state index in [1.807, 2.05) is 13.8 Å². The standard InChI is InChI=1S/C13H16N2O3/c1-8(2)10-7-11(9(3)6-12(10)16)14-18-13(17)15-4-5-15/h6-8H,4-5H2,1-3H3/b14-11+. The zero-order valence-electron chi connectivity index (χ0n) is 10.8. The Morgan fingerprint density at radius 3 is 2.61 bits per heavy atom. The van der Waals surface area contributed by atoms with Crippen LogP contribution in [-0.2, 0) is 9.63 Å². The number of hydrogen-bond donors (Lipinski definition) is 0. The third-order valence-electron chi connectivity index (χ3n) is 2.88. The Morgan fingerprint density at radius 2 is 2.06 bits per heavy atom. The molecule has 0 radical (unpaired) electrons. The quantitative estimate of drug-likeness (QED) is 0.324. The highest BCUT2D eigenvalue weighted by molar-refractivity contribution is 6.21. The summed E-state index contributed by atoms with van der Waals surface area (Å²) in [5.74, 6) is 0.119. The first-order chi connectivity index (χ1) is 8.49. The lowest BCUT2D eigenvalue weighted by atomic mass is 9.90. The van der Waals surface area contributed by atoms with E-state index in [4.69, 9.17) is 4.84 Å². The summed E-state index contributed by atoms with van der Waals surface area (Å²) < 4.78 is 0.